The molecule has 1 aliphatic rings. The number of amides is 1. The van der Waals surface area contributed by atoms with Gasteiger partial charge in [0.25, 0.3) is 0 Å². The zero-order valence-corrected chi connectivity index (χ0v) is 23.8. The number of carboxylic acid groups (broad SMARTS) is 1. The molecule has 1 saturated heterocycles. The number of piperidine rings is 1. The summed E-state index contributed by atoms with van der Waals surface area (Å²) in [7, 11) is 0. The van der Waals surface area contributed by atoms with Crippen molar-refractivity contribution in [2.24, 2.45) is 0 Å². The summed E-state index contributed by atoms with van der Waals surface area (Å²) in [6.45, 7) is 3.51. The monoisotopic (exact) mass is 641 g/mol. The van der Waals surface area contributed by atoms with Crippen molar-refractivity contribution in [3.63, 3.8) is 0 Å². The maximum Gasteiger partial charge on any atom is 0.490 e. The second-order valence-electron chi connectivity index (χ2n) is 8.81. The molecule has 206 valence electrons. The number of thiazole rings is 1. The van der Waals surface area contributed by atoms with Crippen LogP contribution in [0, 0.1) is 6.92 Å². The summed E-state index contributed by atoms with van der Waals surface area (Å²) < 4.78 is 38.3. The molecule has 0 spiro atoms. The van der Waals surface area contributed by atoms with E-state index in [1.807, 2.05) is 47.5 Å². The van der Waals surface area contributed by atoms with Crippen molar-refractivity contribution in [2.75, 3.05) is 13.1 Å². The number of likely N-dealkylation sites (tertiary alicyclic amines) is 1. The molecule has 0 radical (unpaired) electrons. The van der Waals surface area contributed by atoms with Crippen LogP contribution in [-0.4, -0.2) is 51.3 Å². The lowest BCUT2D eigenvalue weighted by Gasteiger charge is -2.31. The first-order valence-electron chi connectivity index (χ1n) is 11.8. The Morgan fingerprint density at radius 3 is 2.54 bits per heavy atom. The quantitative estimate of drug-likeness (QED) is 0.248. The van der Waals surface area contributed by atoms with Gasteiger partial charge in [-0.15, -0.1) is 11.3 Å². The molecule has 5 rings (SSSR count). The number of halogens is 4. The molecule has 1 aliphatic heterocycles. The number of alkyl halides is 3. The molecule has 0 atom stereocenters. The maximum atomic E-state index is 12.6. The van der Waals surface area contributed by atoms with E-state index < -0.39 is 12.1 Å². The first-order chi connectivity index (χ1) is 18.5. The van der Waals surface area contributed by atoms with Gasteiger partial charge in [-0.1, -0.05) is 33.2 Å². The van der Waals surface area contributed by atoms with Gasteiger partial charge in [-0.05, 0) is 54.3 Å². The normalized spacial score (nSPS) is 14.1. The summed E-state index contributed by atoms with van der Waals surface area (Å²) in [4.78, 5) is 28.5. The number of carboxylic acids is 1. The third-order valence-electron chi connectivity index (χ3n) is 6.11. The van der Waals surface area contributed by atoms with Crippen LogP contribution in [0.5, 0.6) is 0 Å². The van der Waals surface area contributed by atoms with E-state index in [2.05, 4.69) is 31.8 Å². The van der Waals surface area contributed by atoms with Crippen LogP contribution in [0.2, 0.25) is 0 Å². The van der Waals surface area contributed by atoms with Gasteiger partial charge in [0.2, 0.25) is 5.91 Å². The van der Waals surface area contributed by atoms with Gasteiger partial charge in [-0.3, -0.25) is 4.79 Å². The van der Waals surface area contributed by atoms with E-state index in [9.17, 15) is 18.0 Å². The zero-order chi connectivity index (χ0) is 28.2. The number of aliphatic carboxylic acids is 1. The van der Waals surface area contributed by atoms with E-state index in [-0.39, 0.29) is 5.91 Å². The largest absolute Gasteiger partial charge is 0.490 e. The van der Waals surface area contributed by atoms with Crippen molar-refractivity contribution in [1.82, 2.24) is 15.0 Å². The third kappa shape index (κ3) is 7.34. The molecule has 4 aromatic rings. The second-order valence-corrected chi connectivity index (χ2v) is 11.4. The number of aromatic nitrogens is 2. The summed E-state index contributed by atoms with van der Waals surface area (Å²) in [6.07, 6.45) is -2.69. The smallest absolute Gasteiger partial charge is 0.475 e. The molecule has 1 N–H and O–H groups in total. The minimum absolute atomic E-state index is 0.223. The number of hydrogen-bond acceptors (Lipinski definition) is 7. The fraction of sp³-hybridized carbons (Fsp3) is 0.308. The molecule has 39 heavy (non-hydrogen) atoms. The number of hydrogen-bond donors (Lipinski definition) is 1. The zero-order valence-electron chi connectivity index (χ0n) is 20.6. The average molecular weight is 643 g/mol. The first kappa shape index (κ1) is 29.0. The maximum absolute atomic E-state index is 12.6. The number of carbonyl (C=O) groups is 2. The Kier molecular flexibility index (Phi) is 9.23. The lowest BCUT2D eigenvalue weighted by Crippen LogP contribution is -2.38. The van der Waals surface area contributed by atoms with Crippen LogP contribution in [-0.2, 0) is 16.0 Å². The Morgan fingerprint density at radius 2 is 1.92 bits per heavy atom. The molecule has 0 unspecified atom stereocenters. The number of aryl methyl sites for hydroxylation is 1. The summed E-state index contributed by atoms with van der Waals surface area (Å²) in [6, 6.07) is 10.1. The van der Waals surface area contributed by atoms with Crippen LogP contribution in [0.15, 0.2) is 55.5 Å². The van der Waals surface area contributed by atoms with Crippen LogP contribution >= 0.6 is 38.6 Å². The van der Waals surface area contributed by atoms with Crippen LogP contribution in [0.1, 0.15) is 35.1 Å². The van der Waals surface area contributed by atoms with Crippen LogP contribution < -0.4 is 0 Å². The van der Waals surface area contributed by atoms with Crippen molar-refractivity contribution < 1.29 is 32.4 Å². The first-order valence-corrected chi connectivity index (χ1v) is 14.4. The summed E-state index contributed by atoms with van der Waals surface area (Å²) >= 11 is 6.86. The number of thiophene rings is 1. The summed E-state index contributed by atoms with van der Waals surface area (Å²) in [5.74, 6) is -1.38. The van der Waals surface area contributed by atoms with Crippen molar-refractivity contribution in [1.29, 1.82) is 0 Å². The standard InChI is InChI=1S/C24H22BrN3O2S2.C2HF3O2/c1-15-22(23(27-30-15)18-3-2-4-19(25)12-18)20-14-32-24(26-20)17-5-8-28(9-6-17)21(29)11-16-7-10-31-13-16;3-2(4,5)1(6)7/h2-4,7,10,12-14,17H,5-6,8-9,11H2,1H3;(H,6,7). The molecule has 0 saturated carbocycles. The van der Waals surface area contributed by atoms with Gasteiger partial charge in [0.05, 0.1) is 22.7 Å². The highest BCUT2D eigenvalue weighted by atomic mass is 79.9. The summed E-state index contributed by atoms with van der Waals surface area (Å²) in [5, 5.41) is 18.7. The van der Waals surface area contributed by atoms with Crippen molar-refractivity contribution in [3.05, 3.63) is 67.3 Å². The highest BCUT2D eigenvalue weighted by Crippen LogP contribution is 2.38. The van der Waals surface area contributed by atoms with E-state index in [1.54, 1.807) is 22.7 Å². The van der Waals surface area contributed by atoms with Gasteiger partial charge in [0.1, 0.15) is 11.5 Å². The van der Waals surface area contributed by atoms with E-state index in [4.69, 9.17) is 19.4 Å². The van der Waals surface area contributed by atoms with Crippen LogP contribution in [0.25, 0.3) is 22.5 Å². The molecule has 3 aromatic heterocycles. The second kappa shape index (κ2) is 12.4. The molecule has 1 aromatic carbocycles. The van der Waals surface area contributed by atoms with E-state index in [0.29, 0.717) is 12.3 Å². The highest BCUT2D eigenvalue weighted by Gasteiger charge is 2.38. The molecule has 7 nitrogen and oxygen atoms in total. The molecule has 13 heteroatoms. The minimum atomic E-state index is -5.08. The summed E-state index contributed by atoms with van der Waals surface area (Å²) in [5.41, 5.74) is 4.79. The Bertz CT molecular complexity index is 1430. The minimum Gasteiger partial charge on any atom is -0.475 e. The average Bonchev–Trinajstić information content (AvgIpc) is 3.65. The highest BCUT2D eigenvalue weighted by molar-refractivity contribution is 9.10. The van der Waals surface area contributed by atoms with Gasteiger partial charge in [-0.2, -0.15) is 24.5 Å². The molecule has 1 fully saturated rings. The fourth-order valence-corrected chi connectivity index (χ4v) is 6.20. The number of carbonyl (C=O) groups excluding carboxylic acids is 1. The van der Waals surface area contributed by atoms with Gasteiger partial charge >= 0.3 is 12.1 Å². The van der Waals surface area contributed by atoms with Gasteiger partial charge in [0.15, 0.2) is 0 Å². The van der Waals surface area contributed by atoms with E-state index in [1.165, 1.54) is 0 Å². The van der Waals surface area contributed by atoms with Crippen LogP contribution in [0.3, 0.4) is 0 Å². The van der Waals surface area contributed by atoms with Crippen molar-refractivity contribution in [2.45, 2.75) is 38.3 Å². The predicted octanol–water partition coefficient (Wildman–Crippen LogP) is 7.18. The lowest BCUT2D eigenvalue weighted by atomic mass is 9.97. The van der Waals surface area contributed by atoms with Gasteiger partial charge in [0, 0.05) is 34.4 Å². The molecule has 4 heterocycles. The number of benzene rings is 1. The van der Waals surface area contributed by atoms with Crippen molar-refractivity contribution >= 4 is 50.5 Å². The molecule has 1 amide bonds. The number of rotatable bonds is 5. The number of nitrogens with zero attached hydrogens (tertiary/aromatic N) is 3. The Labute approximate surface area is 238 Å². The molecule has 0 aliphatic carbocycles. The Morgan fingerprint density at radius 1 is 1.21 bits per heavy atom. The Balaban J connectivity index is 0.000000448. The SMILES string of the molecule is Cc1onc(-c2cccc(Br)c2)c1-c1csc(C2CCN(C(=O)Cc3ccsc3)CC2)n1.O=C(O)C(F)(F)F. The Hall–Kier alpha value is -3.03. The van der Waals surface area contributed by atoms with Gasteiger partial charge in [-0.25, -0.2) is 9.78 Å². The van der Waals surface area contributed by atoms with E-state index in [0.717, 1.165) is 69.2 Å². The predicted molar refractivity (Wildman–Crippen MR) is 146 cm³/mol. The van der Waals surface area contributed by atoms with Gasteiger partial charge < -0.3 is 14.5 Å². The van der Waals surface area contributed by atoms with E-state index >= 15 is 0 Å². The molecular formula is C26H23BrF3N3O4S2. The third-order valence-corrected chi connectivity index (χ3v) is 8.35. The molecule has 0 bridgehead atoms. The fourth-order valence-electron chi connectivity index (χ4n) is 4.15. The molecular weight excluding hydrogens is 619 g/mol. The lowest BCUT2D eigenvalue weighted by molar-refractivity contribution is -0.192. The topological polar surface area (TPSA) is 96.5 Å². The van der Waals surface area contributed by atoms with Crippen molar-refractivity contribution in [3.8, 4) is 22.5 Å². The van der Waals surface area contributed by atoms with Crippen LogP contribution in [0.4, 0.5) is 13.2 Å².